The molecule has 4 nitrogen and oxygen atoms in total. The molecule has 1 unspecified atom stereocenters. The highest BCUT2D eigenvalue weighted by molar-refractivity contribution is 6.30. The first-order valence-electron chi connectivity index (χ1n) is 8.97. The van der Waals surface area contributed by atoms with Gasteiger partial charge in [0, 0.05) is 17.1 Å². The number of rotatable bonds is 7. The molecule has 1 aliphatic rings. The van der Waals surface area contributed by atoms with Crippen LogP contribution in [-0.4, -0.2) is 23.7 Å². The summed E-state index contributed by atoms with van der Waals surface area (Å²) in [7, 11) is 0. The highest BCUT2D eigenvalue weighted by Gasteiger charge is 2.27. The van der Waals surface area contributed by atoms with E-state index in [-0.39, 0.29) is 12.6 Å². The topological polar surface area (TPSA) is 58.6 Å². The van der Waals surface area contributed by atoms with Crippen LogP contribution in [0.15, 0.2) is 48.5 Å². The van der Waals surface area contributed by atoms with Crippen molar-refractivity contribution in [1.29, 1.82) is 0 Å². The lowest BCUT2D eigenvalue weighted by molar-refractivity contribution is -0.139. The van der Waals surface area contributed by atoms with Crippen LogP contribution >= 0.6 is 11.6 Å². The van der Waals surface area contributed by atoms with Gasteiger partial charge in [-0.15, -0.1) is 0 Å². The quantitative estimate of drug-likeness (QED) is 0.732. The maximum atomic E-state index is 10.6. The fourth-order valence-corrected chi connectivity index (χ4v) is 3.84. The molecule has 2 aromatic carbocycles. The minimum Gasteiger partial charge on any atom is -0.482 e. The first-order chi connectivity index (χ1) is 12.5. The van der Waals surface area contributed by atoms with Crippen LogP contribution in [0.1, 0.15) is 49.3 Å². The van der Waals surface area contributed by atoms with E-state index in [1.807, 2.05) is 42.5 Å². The van der Waals surface area contributed by atoms with E-state index in [0.717, 1.165) is 24.3 Å². The first-order valence-corrected chi connectivity index (χ1v) is 9.35. The molecule has 2 aromatic rings. The lowest BCUT2D eigenvalue weighted by Crippen LogP contribution is -2.29. The van der Waals surface area contributed by atoms with E-state index in [1.54, 1.807) is 0 Å². The second kappa shape index (κ2) is 8.56. The molecule has 0 amide bonds. The number of carbonyl (C=O) groups is 1. The van der Waals surface area contributed by atoms with Crippen molar-refractivity contribution in [2.24, 2.45) is 0 Å². The monoisotopic (exact) mass is 373 g/mol. The van der Waals surface area contributed by atoms with Crippen molar-refractivity contribution in [2.75, 3.05) is 6.61 Å². The standard InChI is InChI=1S/C21H24ClNO3/c1-14(16-3-2-4-18(22)11-16)23-19-8-5-17(12-19)15-6-9-20(10-7-15)26-13-21(24)25/h2-4,6-7,9-11,14,17,19,23H,5,8,12-13H2,1H3,(H,24,25)/t14-,17-,19?/m1/s1. The lowest BCUT2D eigenvalue weighted by Gasteiger charge is -2.20. The van der Waals surface area contributed by atoms with E-state index in [9.17, 15) is 4.79 Å². The maximum Gasteiger partial charge on any atom is 0.341 e. The molecule has 26 heavy (non-hydrogen) atoms. The Bertz CT molecular complexity index is 747. The Balaban J connectivity index is 1.54. The van der Waals surface area contributed by atoms with Crippen LogP contribution in [0.5, 0.6) is 5.75 Å². The first kappa shape index (κ1) is 18.7. The summed E-state index contributed by atoms with van der Waals surface area (Å²) in [4.78, 5) is 10.6. The number of aliphatic carboxylic acids is 1. The summed E-state index contributed by atoms with van der Waals surface area (Å²) < 4.78 is 5.19. The smallest absolute Gasteiger partial charge is 0.341 e. The summed E-state index contributed by atoms with van der Waals surface area (Å²) in [5.41, 5.74) is 2.49. The number of carboxylic acid groups (broad SMARTS) is 1. The average Bonchev–Trinajstić information content (AvgIpc) is 3.09. The molecule has 3 atom stereocenters. The number of ether oxygens (including phenoxy) is 1. The Hall–Kier alpha value is -2.04. The van der Waals surface area contributed by atoms with Crippen molar-refractivity contribution in [3.8, 4) is 5.75 Å². The summed E-state index contributed by atoms with van der Waals surface area (Å²) in [5, 5.41) is 13.1. The summed E-state index contributed by atoms with van der Waals surface area (Å²) in [6.07, 6.45) is 3.39. The highest BCUT2D eigenvalue weighted by Crippen LogP contribution is 2.36. The molecule has 0 heterocycles. The molecular weight excluding hydrogens is 350 g/mol. The second-order valence-corrected chi connectivity index (χ2v) is 7.34. The van der Waals surface area contributed by atoms with Crippen LogP contribution in [0.2, 0.25) is 5.02 Å². The molecule has 5 heteroatoms. The van der Waals surface area contributed by atoms with E-state index in [2.05, 4.69) is 18.3 Å². The van der Waals surface area contributed by atoms with Gasteiger partial charge >= 0.3 is 5.97 Å². The number of halogens is 1. The Kier molecular flexibility index (Phi) is 6.17. The minimum atomic E-state index is -0.965. The van der Waals surface area contributed by atoms with Gasteiger partial charge in [0.2, 0.25) is 0 Å². The number of hydrogen-bond acceptors (Lipinski definition) is 3. The molecule has 3 rings (SSSR count). The Morgan fingerprint density at radius 3 is 2.73 bits per heavy atom. The molecule has 1 saturated carbocycles. The second-order valence-electron chi connectivity index (χ2n) is 6.90. The van der Waals surface area contributed by atoms with Crippen molar-refractivity contribution in [2.45, 2.75) is 44.2 Å². The Labute approximate surface area is 159 Å². The van der Waals surface area contributed by atoms with Crippen molar-refractivity contribution in [1.82, 2.24) is 5.32 Å². The number of hydrogen-bond donors (Lipinski definition) is 2. The molecule has 2 N–H and O–H groups in total. The van der Waals surface area contributed by atoms with Crippen LogP contribution in [0.3, 0.4) is 0 Å². The predicted octanol–water partition coefficient (Wildman–Crippen LogP) is 4.79. The van der Waals surface area contributed by atoms with Crippen LogP contribution < -0.4 is 10.1 Å². The van der Waals surface area contributed by atoms with Gasteiger partial charge in [-0.1, -0.05) is 35.9 Å². The molecule has 0 radical (unpaired) electrons. The minimum absolute atomic E-state index is 0.268. The molecule has 0 bridgehead atoms. The van der Waals surface area contributed by atoms with E-state index in [4.69, 9.17) is 21.4 Å². The third-order valence-electron chi connectivity index (χ3n) is 4.98. The van der Waals surface area contributed by atoms with Crippen LogP contribution in [-0.2, 0) is 4.79 Å². The molecule has 0 aromatic heterocycles. The molecule has 1 fully saturated rings. The van der Waals surface area contributed by atoms with E-state index < -0.39 is 5.97 Å². The Morgan fingerprint density at radius 2 is 2.04 bits per heavy atom. The summed E-state index contributed by atoms with van der Waals surface area (Å²) >= 11 is 6.09. The van der Waals surface area contributed by atoms with E-state index in [0.29, 0.717) is 17.7 Å². The normalized spacial score (nSPS) is 20.7. The van der Waals surface area contributed by atoms with Crippen LogP contribution in [0.25, 0.3) is 0 Å². The Morgan fingerprint density at radius 1 is 1.27 bits per heavy atom. The predicted molar refractivity (Wildman–Crippen MR) is 103 cm³/mol. The van der Waals surface area contributed by atoms with E-state index >= 15 is 0 Å². The van der Waals surface area contributed by atoms with Gasteiger partial charge in [0.1, 0.15) is 5.75 Å². The van der Waals surface area contributed by atoms with Gasteiger partial charge in [-0.05, 0) is 67.5 Å². The van der Waals surface area contributed by atoms with Gasteiger partial charge < -0.3 is 15.2 Å². The van der Waals surface area contributed by atoms with Crippen molar-refractivity contribution in [3.63, 3.8) is 0 Å². The lowest BCUT2D eigenvalue weighted by atomic mass is 9.97. The summed E-state index contributed by atoms with van der Waals surface area (Å²) in [5.74, 6) is 0.151. The SMILES string of the molecule is C[C@@H](NC1CC[C@@H](c2ccc(OCC(=O)O)cc2)C1)c1cccc(Cl)c1. The zero-order chi connectivity index (χ0) is 18.5. The molecule has 1 aliphatic carbocycles. The van der Waals surface area contributed by atoms with Gasteiger partial charge in [0.25, 0.3) is 0 Å². The maximum absolute atomic E-state index is 10.6. The molecule has 0 spiro atoms. The van der Waals surface area contributed by atoms with Gasteiger partial charge in [-0.3, -0.25) is 0 Å². The average molecular weight is 374 g/mol. The zero-order valence-electron chi connectivity index (χ0n) is 14.8. The molecule has 138 valence electrons. The molecule has 0 saturated heterocycles. The fourth-order valence-electron chi connectivity index (χ4n) is 3.64. The number of nitrogens with one attached hydrogen (secondary N) is 1. The van der Waals surface area contributed by atoms with Gasteiger partial charge in [0.15, 0.2) is 6.61 Å². The van der Waals surface area contributed by atoms with E-state index in [1.165, 1.54) is 11.1 Å². The zero-order valence-corrected chi connectivity index (χ0v) is 15.6. The molecular formula is C21H24ClNO3. The summed E-state index contributed by atoms with van der Waals surface area (Å²) in [6, 6.07) is 16.6. The highest BCUT2D eigenvalue weighted by atomic mass is 35.5. The van der Waals surface area contributed by atoms with Gasteiger partial charge in [-0.25, -0.2) is 4.79 Å². The summed E-state index contributed by atoms with van der Waals surface area (Å²) in [6.45, 7) is 1.86. The van der Waals surface area contributed by atoms with Crippen molar-refractivity contribution >= 4 is 17.6 Å². The largest absolute Gasteiger partial charge is 0.482 e. The van der Waals surface area contributed by atoms with Crippen LogP contribution in [0.4, 0.5) is 0 Å². The van der Waals surface area contributed by atoms with Crippen molar-refractivity contribution < 1.29 is 14.6 Å². The van der Waals surface area contributed by atoms with Crippen molar-refractivity contribution in [3.05, 3.63) is 64.7 Å². The number of benzene rings is 2. The third kappa shape index (κ3) is 4.99. The van der Waals surface area contributed by atoms with Gasteiger partial charge in [0.05, 0.1) is 0 Å². The molecule has 0 aliphatic heterocycles. The van der Waals surface area contributed by atoms with Crippen LogP contribution in [0, 0.1) is 0 Å². The fraction of sp³-hybridized carbons (Fsp3) is 0.381. The van der Waals surface area contributed by atoms with Gasteiger partial charge in [-0.2, -0.15) is 0 Å². The number of carboxylic acids is 1. The third-order valence-corrected chi connectivity index (χ3v) is 5.22.